The van der Waals surface area contributed by atoms with Crippen LogP contribution in [0, 0.1) is 0 Å². The van der Waals surface area contributed by atoms with Gasteiger partial charge in [0.1, 0.15) is 5.03 Å². The smallest absolute Gasteiger partial charge is 0.165 e. The summed E-state index contributed by atoms with van der Waals surface area (Å²) >= 11 is 5.19. The lowest BCUT2D eigenvalue weighted by molar-refractivity contribution is -0.0856. The van der Waals surface area contributed by atoms with E-state index in [1.165, 1.54) is 0 Å². The fraction of sp³-hybridized carbons (Fsp3) is 0.750. The molecule has 1 saturated carbocycles. The molecule has 4 heteroatoms. The van der Waals surface area contributed by atoms with Gasteiger partial charge in [-0.1, -0.05) is 18.0 Å². The summed E-state index contributed by atoms with van der Waals surface area (Å²) in [6.07, 6.45) is -0.625. The summed E-state index contributed by atoms with van der Waals surface area (Å²) in [6, 6.07) is 0. The number of hydrogen-bond acceptors (Lipinski definition) is 0. The molecule has 1 rings (SSSR count). The van der Waals surface area contributed by atoms with Crippen LogP contribution in [0.1, 0.15) is 32.1 Å². The largest absolute Gasteiger partial charge is 0.426 e. The normalized spacial score (nSPS) is 19.5. The zero-order valence-corrected chi connectivity index (χ0v) is 7.30. The second kappa shape index (κ2) is 3.69. The molecule has 0 aromatic carbocycles. The predicted molar refractivity (Wildman–Crippen MR) is 42.0 cm³/mol. The Hall–Kier alpha value is -0.180. The first-order valence-corrected chi connectivity index (χ1v) is 4.34. The van der Waals surface area contributed by atoms with Crippen LogP contribution in [0.15, 0.2) is 10.6 Å². The van der Waals surface area contributed by atoms with Crippen LogP contribution in [0.5, 0.6) is 0 Å². The Labute approximate surface area is 74.4 Å². The van der Waals surface area contributed by atoms with Crippen LogP contribution in [0.2, 0.25) is 0 Å². The first kappa shape index (κ1) is 9.90. The third-order valence-electron chi connectivity index (χ3n) is 2.02. The molecule has 0 saturated heterocycles. The van der Waals surface area contributed by atoms with E-state index in [1.807, 2.05) is 0 Å². The summed E-state index contributed by atoms with van der Waals surface area (Å²) in [4.78, 5) is 0. The van der Waals surface area contributed by atoms with E-state index in [-0.39, 0.29) is 0 Å². The van der Waals surface area contributed by atoms with E-state index in [1.54, 1.807) is 0 Å². The van der Waals surface area contributed by atoms with E-state index in [2.05, 4.69) is 0 Å². The van der Waals surface area contributed by atoms with E-state index >= 15 is 0 Å². The molecule has 0 nitrogen and oxygen atoms in total. The zero-order valence-electron chi connectivity index (χ0n) is 6.55. The molecule has 0 bridgehead atoms. The Morgan fingerprint density at radius 1 is 1.08 bits per heavy atom. The van der Waals surface area contributed by atoms with Crippen molar-refractivity contribution in [3.05, 3.63) is 10.6 Å². The number of alkyl halides is 3. The molecule has 1 aliphatic carbocycles. The average Bonchev–Trinajstić information content (AvgIpc) is 2.03. The maximum atomic E-state index is 12.0. The van der Waals surface area contributed by atoms with Gasteiger partial charge in [0.2, 0.25) is 0 Å². The molecule has 0 radical (unpaired) electrons. The highest BCUT2D eigenvalue weighted by molar-refractivity contribution is 6.30. The van der Waals surface area contributed by atoms with Gasteiger partial charge in [0, 0.05) is 0 Å². The molecule has 70 valence electrons. The third-order valence-corrected chi connectivity index (χ3v) is 2.50. The van der Waals surface area contributed by atoms with Crippen LogP contribution in [0.4, 0.5) is 13.2 Å². The van der Waals surface area contributed by atoms with Gasteiger partial charge in [-0.05, 0) is 31.3 Å². The second-order valence-electron chi connectivity index (χ2n) is 2.98. The molecule has 1 aliphatic rings. The standard InChI is InChI=1S/C8H10ClF3/c9-7(8(10,11)12)6-4-2-1-3-5-6/h1-5H2. The Morgan fingerprint density at radius 2 is 1.58 bits per heavy atom. The maximum absolute atomic E-state index is 12.0. The molecule has 1 fully saturated rings. The minimum absolute atomic E-state index is 0.385. The van der Waals surface area contributed by atoms with Crippen LogP contribution in [-0.2, 0) is 0 Å². The van der Waals surface area contributed by atoms with Crippen molar-refractivity contribution in [3.8, 4) is 0 Å². The molecule has 0 heterocycles. The van der Waals surface area contributed by atoms with Crippen molar-refractivity contribution in [3.63, 3.8) is 0 Å². The summed E-state index contributed by atoms with van der Waals surface area (Å²) in [5.41, 5.74) is 0.385. The van der Waals surface area contributed by atoms with Gasteiger partial charge in [-0.25, -0.2) is 0 Å². The van der Waals surface area contributed by atoms with Gasteiger partial charge < -0.3 is 0 Å². The van der Waals surface area contributed by atoms with Crippen molar-refractivity contribution in [2.75, 3.05) is 0 Å². The third kappa shape index (κ3) is 2.41. The molecule has 0 N–H and O–H groups in total. The molecule has 12 heavy (non-hydrogen) atoms. The first-order valence-electron chi connectivity index (χ1n) is 3.96. The van der Waals surface area contributed by atoms with Gasteiger partial charge in [0.25, 0.3) is 0 Å². The van der Waals surface area contributed by atoms with Gasteiger partial charge in [-0.15, -0.1) is 0 Å². The van der Waals surface area contributed by atoms with Crippen LogP contribution in [0.3, 0.4) is 0 Å². The minimum Gasteiger partial charge on any atom is -0.165 e. The highest BCUT2D eigenvalue weighted by atomic mass is 35.5. The average molecular weight is 199 g/mol. The molecule has 0 spiro atoms. The predicted octanol–water partition coefficient (Wildman–Crippen LogP) is 4.01. The molecular formula is C8H10ClF3. The van der Waals surface area contributed by atoms with Crippen molar-refractivity contribution in [1.82, 2.24) is 0 Å². The van der Waals surface area contributed by atoms with Crippen LogP contribution < -0.4 is 0 Å². The summed E-state index contributed by atoms with van der Waals surface area (Å²) in [6.45, 7) is 0. The fourth-order valence-electron chi connectivity index (χ4n) is 1.40. The molecule has 0 aromatic heterocycles. The summed E-state index contributed by atoms with van der Waals surface area (Å²) in [7, 11) is 0. The topological polar surface area (TPSA) is 0 Å². The lowest BCUT2D eigenvalue weighted by atomic mass is 9.94. The highest BCUT2D eigenvalue weighted by Crippen LogP contribution is 2.36. The fourth-order valence-corrected chi connectivity index (χ4v) is 1.59. The van der Waals surface area contributed by atoms with Crippen LogP contribution in [0.25, 0.3) is 0 Å². The Balaban J connectivity index is 2.74. The second-order valence-corrected chi connectivity index (χ2v) is 3.35. The molecule has 0 atom stereocenters. The van der Waals surface area contributed by atoms with Gasteiger partial charge in [0.05, 0.1) is 0 Å². The molecule has 0 unspecified atom stereocenters. The number of rotatable bonds is 0. The van der Waals surface area contributed by atoms with Crippen molar-refractivity contribution in [2.24, 2.45) is 0 Å². The van der Waals surface area contributed by atoms with Gasteiger partial charge in [-0.3, -0.25) is 0 Å². The molecule has 0 aliphatic heterocycles. The summed E-state index contributed by atoms with van der Waals surface area (Å²) in [5, 5.41) is -0.887. The summed E-state index contributed by atoms with van der Waals surface area (Å²) < 4.78 is 36.1. The minimum atomic E-state index is -4.34. The van der Waals surface area contributed by atoms with Gasteiger partial charge in [-0.2, -0.15) is 13.2 Å². The van der Waals surface area contributed by atoms with Gasteiger partial charge >= 0.3 is 6.18 Å². The van der Waals surface area contributed by atoms with Crippen molar-refractivity contribution in [2.45, 2.75) is 38.3 Å². The summed E-state index contributed by atoms with van der Waals surface area (Å²) in [5.74, 6) is 0. The van der Waals surface area contributed by atoms with Crippen LogP contribution >= 0.6 is 11.6 Å². The quantitative estimate of drug-likeness (QED) is 0.552. The maximum Gasteiger partial charge on any atom is 0.426 e. The van der Waals surface area contributed by atoms with E-state index in [4.69, 9.17) is 11.6 Å². The lowest BCUT2D eigenvalue weighted by Gasteiger charge is -2.16. The zero-order chi connectivity index (χ0) is 9.19. The molecule has 0 amide bonds. The van der Waals surface area contributed by atoms with E-state index in [9.17, 15) is 13.2 Å². The Kier molecular flexibility index (Phi) is 3.04. The number of hydrogen-bond donors (Lipinski definition) is 0. The van der Waals surface area contributed by atoms with Crippen molar-refractivity contribution in [1.29, 1.82) is 0 Å². The van der Waals surface area contributed by atoms with E-state index in [0.717, 1.165) is 19.3 Å². The van der Waals surface area contributed by atoms with Crippen LogP contribution in [-0.4, -0.2) is 6.18 Å². The molecule has 0 aromatic rings. The highest BCUT2D eigenvalue weighted by Gasteiger charge is 2.34. The van der Waals surface area contributed by atoms with E-state index in [0.29, 0.717) is 18.4 Å². The van der Waals surface area contributed by atoms with Gasteiger partial charge in [0.15, 0.2) is 0 Å². The Morgan fingerprint density at radius 3 is 2.00 bits per heavy atom. The van der Waals surface area contributed by atoms with Crippen molar-refractivity contribution < 1.29 is 13.2 Å². The Bertz CT molecular complexity index is 185. The van der Waals surface area contributed by atoms with E-state index < -0.39 is 11.2 Å². The monoisotopic (exact) mass is 198 g/mol. The van der Waals surface area contributed by atoms with Crippen molar-refractivity contribution >= 4 is 11.6 Å². The molecular weight excluding hydrogens is 189 g/mol. The number of allylic oxidation sites excluding steroid dienone is 2. The number of halogens is 4. The lowest BCUT2D eigenvalue weighted by Crippen LogP contribution is -2.11. The SMILES string of the molecule is FC(F)(F)C(Cl)=C1CCCCC1. The first-order chi connectivity index (χ1) is 5.52.